The highest BCUT2D eigenvalue weighted by Gasteiger charge is 2.26. The molecule has 2 aromatic heterocycles. The molecular formula is C48H47N2PS2. The van der Waals surface area contributed by atoms with Gasteiger partial charge in [0.05, 0.1) is 17.1 Å². The van der Waals surface area contributed by atoms with E-state index in [0.29, 0.717) is 0 Å². The van der Waals surface area contributed by atoms with E-state index in [9.17, 15) is 0 Å². The van der Waals surface area contributed by atoms with Crippen LogP contribution in [0.15, 0.2) is 133 Å². The smallest absolute Gasteiger partial charge is 0.0647 e. The molecule has 6 aromatic carbocycles. The van der Waals surface area contributed by atoms with Gasteiger partial charge in [-0.05, 0) is 106 Å². The molecule has 2 nitrogen and oxygen atoms in total. The molecule has 1 atom stereocenters. The summed E-state index contributed by atoms with van der Waals surface area (Å²) < 4.78 is 4.03. The van der Waals surface area contributed by atoms with Crippen molar-refractivity contribution in [1.82, 2.24) is 0 Å². The second-order valence-corrected chi connectivity index (χ2v) is 18.6. The van der Waals surface area contributed by atoms with Gasteiger partial charge in [-0.3, -0.25) is 0 Å². The summed E-state index contributed by atoms with van der Waals surface area (Å²) in [7, 11) is 2.84. The molecule has 0 saturated carbocycles. The van der Waals surface area contributed by atoms with Crippen molar-refractivity contribution in [3.8, 4) is 0 Å². The van der Waals surface area contributed by atoms with Gasteiger partial charge in [0.15, 0.2) is 0 Å². The van der Waals surface area contributed by atoms with Crippen molar-refractivity contribution in [2.45, 2.75) is 65.7 Å². The molecule has 1 unspecified atom stereocenters. The molecule has 0 amide bonds. The third-order valence-corrected chi connectivity index (χ3v) is 12.9. The predicted octanol–water partition coefficient (Wildman–Crippen LogP) is 14.9. The maximum atomic E-state index is 2.84. The lowest BCUT2D eigenvalue weighted by atomic mass is 9.87. The standard InChI is InChI=1S/C48H47N2PS2/c1-8-37-40(49(34-24-26-36(51)27-25-34)33-20-16-31(17-21-33)47(2,3)4)13-11-14-41(37)50(35-22-18-32(19-23-35)48(5,6)7)42-30-52-46-38(42)28-29-44-45(46)39-12-9-10-15-43(39)53-44/h9-30H,8,51H2,1-7H3. The largest absolute Gasteiger partial charge is 0.310 e. The topological polar surface area (TPSA) is 6.48 Å². The van der Waals surface area contributed by atoms with E-state index in [1.54, 1.807) is 0 Å². The fraction of sp³-hybridized carbons (Fsp3) is 0.208. The summed E-state index contributed by atoms with van der Waals surface area (Å²) in [5, 5.41) is 7.54. The molecule has 0 fully saturated rings. The number of anilines is 6. The minimum absolute atomic E-state index is 0.0636. The first-order valence-corrected chi connectivity index (χ1v) is 20.8. The van der Waals surface area contributed by atoms with Crippen LogP contribution >= 0.6 is 31.9 Å². The average Bonchev–Trinajstić information content (AvgIpc) is 3.74. The molecular weight excluding hydrogens is 700 g/mol. The SMILES string of the molecule is CCc1c(N(c2ccc(P)cc2)c2ccc(C(C)(C)C)cc2)cccc1N(c1ccc(C(C)(C)C)cc1)c1csc2c1ccc1sc3ccccc3c12. The lowest BCUT2D eigenvalue weighted by molar-refractivity contribution is 0.590. The third-order valence-electron chi connectivity index (χ3n) is 10.4. The van der Waals surface area contributed by atoms with Gasteiger partial charge in [-0.25, -0.2) is 0 Å². The van der Waals surface area contributed by atoms with Crippen LogP contribution < -0.4 is 15.1 Å². The summed E-state index contributed by atoms with van der Waals surface area (Å²) in [4.78, 5) is 4.95. The van der Waals surface area contributed by atoms with E-state index in [4.69, 9.17) is 0 Å². The van der Waals surface area contributed by atoms with Gasteiger partial charge >= 0.3 is 0 Å². The molecule has 0 aliphatic rings. The van der Waals surface area contributed by atoms with Crippen molar-refractivity contribution in [2.24, 2.45) is 0 Å². The maximum Gasteiger partial charge on any atom is 0.0647 e. The number of hydrogen-bond acceptors (Lipinski definition) is 4. The van der Waals surface area contributed by atoms with Crippen molar-refractivity contribution >= 4 is 102 Å². The molecule has 0 bridgehead atoms. The number of thiophene rings is 2. The van der Waals surface area contributed by atoms with E-state index in [0.717, 1.165) is 23.5 Å². The molecule has 8 aromatic rings. The van der Waals surface area contributed by atoms with Gasteiger partial charge in [0.25, 0.3) is 0 Å². The van der Waals surface area contributed by atoms with Crippen LogP contribution in [0, 0.1) is 0 Å². The van der Waals surface area contributed by atoms with Gasteiger partial charge < -0.3 is 9.80 Å². The molecule has 2 heterocycles. The Morgan fingerprint density at radius 2 is 1.08 bits per heavy atom. The molecule has 0 aliphatic heterocycles. The van der Waals surface area contributed by atoms with Crippen molar-refractivity contribution in [1.29, 1.82) is 0 Å². The molecule has 53 heavy (non-hydrogen) atoms. The highest BCUT2D eigenvalue weighted by atomic mass is 32.1. The molecule has 0 saturated heterocycles. The summed E-state index contributed by atoms with van der Waals surface area (Å²) in [6.45, 7) is 16.0. The van der Waals surface area contributed by atoms with Crippen LogP contribution in [0.2, 0.25) is 0 Å². The summed E-state index contributed by atoms with van der Waals surface area (Å²) in [5.74, 6) is 0. The molecule has 0 aliphatic carbocycles. The van der Waals surface area contributed by atoms with Crippen molar-refractivity contribution in [3.63, 3.8) is 0 Å². The third kappa shape index (κ3) is 6.56. The van der Waals surface area contributed by atoms with Gasteiger partial charge in [-0.15, -0.1) is 31.9 Å². The molecule has 266 valence electrons. The first-order valence-electron chi connectivity index (χ1n) is 18.5. The zero-order chi connectivity index (χ0) is 37.1. The Balaban J connectivity index is 1.37. The van der Waals surface area contributed by atoms with E-state index >= 15 is 0 Å². The Morgan fingerprint density at radius 1 is 0.528 bits per heavy atom. The molecule has 0 radical (unpaired) electrons. The van der Waals surface area contributed by atoms with Crippen molar-refractivity contribution in [3.05, 3.63) is 149 Å². The van der Waals surface area contributed by atoms with Gasteiger partial charge in [0.1, 0.15) is 0 Å². The highest BCUT2D eigenvalue weighted by molar-refractivity contribution is 7.27. The lowest BCUT2D eigenvalue weighted by Crippen LogP contribution is -2.17. The van der Waals surface area contributed by atoms with Crippen molar-refractivity contribution in [2.75, 3.05) is 9.80 Å². The van der Waals surface area contributed by atoms with Gasteiger partial charge in [0, 0.05) is 52.7 Å². The summed E-state index contributed by atoms with van der Waals surface area (Å²) in [5.41, 5.74) is 11.1. The first kappa shape index (κ1) is 35.6. The van der Waals surface area contributed by atoms with E-state index < -0.39 is 0 Å². The van der Waals surface area contributed by atoms with Crippen LogP contribution in [-0.4, -0.2) is 0 Å². The number of nitrogens with zero attached hydrogens (tertiary/aromatic N) is 2. The Hall–Kier alpha value is -4.47. The van der Waals surface area contributed by atoms with Gasteiger partial charge in [0.2, 0.25) is 0 Å². The number of rotatable bonds is 7. The lowest BCUT2D eigenvalue weighted by Gasteiger charge is -2.33. The zero-order valence-electron chi connectivity index (χ0n) is 31.7. The van der Waals surface area contributed by atoms with E-state index in [-0.39, 0.29) is 10.8 Å². The maximum absolute atomic E-state index is 2.84. The monoisotopic (exact) mass is 746 g/mol. The molecule has 5 heteroatoms. The van der Waals surface area contributed by atoms with E-state index in [1.165, 1.54) is 69.3 Å². The molecule has 8 rings (SSSR count). The zero-order valence-corrected chi connectivity index (χ0v) is 34.5. The van der Waals surface area contributed by atoms with Crippen LogP contribution in [0.3, 0.4) is 0 Å². The molecule has 0 N–H and O–H groups in total. The van der Waals surface area contributed by atoms with E-state index in [2.05, 4.69) is 200 Å². The summed E-state index contributed by atoms with van der Waals surface area (Å²) >= 11 is 3.75. The number of benzene rings is 6. The summed E-state index contributed by atoms with van der Waals surface area (Å²) in [6, 6.07) is 47.6. The number of hydrogen-bond donors (Lipinski definition) is 0. The number of fused-ring (bicyclic) bond motifs is 5. The molecule has 0 spiro atoms. The van der Waals surface area contributed by atoms with Crippen LogP contribution in [0.5, 0.6) is 0 Å². The summed E-state index contributed by atoms with van der Waals surface area (Å²) in [6.07, 6.45) is 0.863. The van der Waals surface area contributed by atoms with Crippen LogP contribution in [0.4, 0.5) is 34.1 Å². The van der Waals surface area contributed by atoms with Crippen molar-refractivity contribution < 1.29 is 0 Å². The predicted molar refractivity (Wildman–Crippen MR) is 240 cm³/mol. The fourth-order valence-corrected chi connectivity index (χ4v) is 9.95. The first-order chi connectivity index (χ1) is 25.4. The minimum atomic E-state index is 0.0636. The van der Waals surface area contributed by atoms with Crippen LogP contribution in [0.25, 0.3) is 30.3 Å². The second kappa shape index (κ2) is 13.7. The van der Waals surface area contributed by atoms with Gasteiger partial charge in [-0.1, -0.05) is 109 Å². The van der Waals surface area contributed by atoms with Crippen LogP contribution in [-0.2, 0) is 17.3 Å². The Bertz CT molecular complexity index is 2560. The highest BCUT2D eigenvalue weighted by Crippen LogP contribution is 2.50. The van der Waals surface area contributed by atoms with Gasteiger partial charge in [-0.2, -0.15) is 0 Å². The quantitative estimate of drug-likeness (QED) is 0.150. The fourth-order valence-electron chi connectivity index (χ4n) is 7.48. The Kier molecular flexibility index (Phi) is 9.22. The minimum Gasteiger partial charge on any atom is -0.310 e. The second-order valence-electron chi connectivity index (χ2n) is 16.0. The van der Waals surface area contributed by atoms with Crippen LogP contribution in [0.1, 0.15) is 65.2 Å². The Labute approximate surface area is 324 Å². The Morgan fingerprint density at radius 3 is 1.66 bits per heavy atom. The van der Waals surface area contributed by atoms with E-state index in [1.807, 2.05) is 22.7 Å². The normalized spacial score (nSPS) is 12.2. The average molecular weight is 747 g/mol.